The zero-order valence-electron chi connectivity index (χ0n) is 8.65. The zero-order valence-corrected chi connectivity index (χ0v) is 9.41. The Morgan fingerprint density at radius 3 is 2.53 bits per heavy atom. The smallest absolute Gasteiger partial charge is 0.340 e. The second kappa shape index (κ2) is 5.13. The maximum absolute atomic E-state index is 12.5. The van der Waals surface area contributed by atoms with E-state index in [0.717, 1.165) is 12.1 Å². The van der Waals surface area contributed by atoms with E-state index in [9.17, 15) is 18.0 Å². The van der Waals surface area contributed by atoms with Gasteiger partial charge in [0.05, 0.1) is 16.3 Å². The fraction of sp³-hybridized carbons (Fsp3) is 0.222. The summed E-state index contributed by atoms with van der Waals surface area (Å²) in [6.45, 7) is 0. The van der Waals surface area contributed by atoms with Gasteiger partial charge in [0.1, 0.15) is 0 Å². The normalized spacial score (nSPS) is 10.9. The Bertz CT molecular complexity index is 422. The molecule has 1 aromatic rings. The molecule has 0 aliphatic rings. The summed E-state index contributed by atoms with van der Waals surface area (Å²) in [4.78, 5) is 10.8. The summed E-state index contributed by atoms with van der Waals surface area (Å²) in [5.74, 6) is 0. The molecular formula is C9H9ClF3N3O. The lowest BCUT2D eigenvalue weighted by atomic mass is 10.2. The lowest BCUT2D eigenvalue weighted by molar-refractivity contribution is -0.137. The van der Waals surface area contributed by atoms with Crippen LogP contribution in [0.3, 0.4) is 0 Å². The number of halogens is 4. The van der Waals surface area contributed by atoms with Gasteiger partial charge in [-0.2, -0.15) is 13.2 Å². The van der Waals surface area contributed by atoms with Crippen LogP contribution in [-0.2, 0) is 6.18 Å². The van der Waals surface area contributed by atoms with Crippen LogP contribution in [0.2, 0.25) is 5.02 Å². The molecule has 0 atom stereocenters. The molecule has 0 radical (unpaired) electrons. The van der Waals surface area contributed by atoms with Gasteiger partial charge in [-0.15, -0.1) is 0 Å². The van der Waals surface area contributed by atoms with Crippen molar-refractivity contribution >= 4 is 23.3 Å². The van der Waals surface area contributed by atoms with Crippen LogP contribution in [0, 0.1) is 0 Å². The quantitative estimate of drug-likeness (QED) is 0.722. The van der Waals surface area contributed by atoms with Crippen molar-refractivity contribution in [3.63, 3.8) is 0 Å². The molecule has 0 fully saturated rings. The van der Waals surface area contributed by atoms with Gasteiger partial charge in [-0.05, 0) is 18.2 Å². The third-order valence-electron chi connectivity index (χ3n) is 1.82. The van der Waals surface area contributed by atoms with E-state index < -0.39 is 22.8 Å². The molecule has 17 heavy (non-hydrogen) atoms. The molecular weight excluding hydrogens is 259 g/mol. The van der Waals surface area contributed by atoms with Crippen LogP contribution in [0.5, 0.6) is 0 Å². The van der Waals surface area contributed by atoms with Gasteiger partial charge in [0.25, 0.3) is 0 Å². The van der Waals surface area contributed by atoms with E-state index in [1.165, 1.54) is 13.1 Å². The number of nitrogens with one attached hydrogen (secondary N) is 3. The molecule has 1 rings (SSSR count). The first-order chi connectivity index (χ1) is 7.84. The molecule has 0 saturated carbocycles. The molecule has 1 aromatic carbocycles. The Hall–Kier alpha value is -1.63. The minimum atomic E-state index is -4.54. The fourth-order valence-corrected chi connectivity index (χ4v) is 1.24. The Labute approximate surface area is 100 Å². The van der Waals surface area contributed by atoms with E-state index in [1.807, 2.05) is 0 Å². The summed E-state index contributed by atoms with van der Waals surface area (Å²) in [7, 11) is 1.38. The van der Waals surface area contributed by atoms with E-state index in [0.29, 0.717) is 0 Å². The summed E-state index contributed by atoms with van der Waals surface area (Å²) in [5.41, 5.74) is 3.56. The molecule has 0 spiro atoms. The van der Waals surface area contributed by atoms with Gasteiger partial charge >= 0.3 is 12.2 Å². The third kappa shape index (κ3) is 3.70. The van der Waals surface area contributed by atoms with Gasteiger partial charge < -0.3 is 5.32 Å². The first kappa shape index (κ1) is 13.4. The molecule has 94 valence electrons. The van der Waals surface area contributed by atoms with Crippen LogP contribution < -0.4 is 16.2 Å². The van der Waals surface area contributed by atoms with Crippen molar-refractivity contribution in [2.75, 3.05) is 12.5 Å². The van der Waals surface area contributed by atoms with Crippen molar-refractivity contribution in [3.8, 4) is 0 Å². The molecule has 4 nitrogen and oxygen atoms in total. The Balaban J connectivity index is 2.86. The number of urea groups is 1. The van der Waals surface area contributed by atoms with E-state index in [4.69, 9.17) is 11.6 Å². The minimum Gasteiger partial charge on any atom is -0.340 e. The van der Waals surface area contributed by atoms with Gasteiger partial charge in [-0.25, -0.2) is 4.79 Å². The van der Waals surface area contributed by atoms with Crippen molar-refractivity contribution in [2.24, 2.45) is 0 Å². The predicted octanol–water partition coefficient (Wildman–Crippen LogP) is 2.61. The van der Waals surface area contributed by atoms with Crippen LogP contribution in [-0.4, -0.2) is 13.1 Å². The topological polar surface area (TPSA) is 53.2 Å². The largest absolute Gasteiger partial charge is 0.417 e. The molecule has 8 heteroatoms. The average Bonchev–Trinajstić information content (AvgIpc) is 2.26. The highest BCUT2D eigenvalue weighted by atomic mass is 35.5. The molecule has 0 heterocycles. The predicted molar refractivity (Wildman–Crippen MR) is 57.7 cm³/mol. The van der Waals surface area contributed by atoms with Crippen molar-refractivity contribution in [1.29, 1.82) is 0 Å². The third-order valence-corrected chi connectivity index (χ3v) is 2.15. The second-order valence-electron chi connectivity index (χ2n) is 3.02. The van der Waals surface area contributed by atoms with Crippen LogP contribution in [0.15, 0.2) is 18.2 Å². The van der Waals surface area contributed by atoms with Crippen molar-refractivity contribution in [1.82, 2.24) is 10.7 Å². The summed E-state index contributed by atoms with van der Waals surface area (Å²) in [6, 6.07) is 2.64. The number of carbonyl (C=O) groups excluding carboxylic acids is 1. The number of rotatable bonds is 2. The highest BCUT2D eigenvalue weighted by Crippen LogP contribution is 2.35. The van der Waals surface area contributed by atoms with Gasteiger partial charge in [0.2, 0.25) is 0 Å². The lowest BCUT2D eigenvalue weighted by Gasteiger charge is -2.12. The zero-order chi connectivity index (χ0) is 13.1. The van der Waals surface area contributed by atoms with Crippen molar-refractivity contribution in [2.45, 2.75) is 6.18 Å². The number of hydrogen-bond acceptors (Lipinski definition) is 2. The maximum atomic E-state index is 12.5. The number of amides is 2. The number of anilines is 1. The Kier molecular flexibility index (Phi) is 4.06. The average molecular weight is 268 g/mol. The Morgan fingerprint density at radius 1 is 1.35 bits per heavy atom. The first-order valence-corrected chi connectivity index (χ1v) is 4.83. The van der Waals surface area contributed by atoms with Gasteiger partial charge in [0.15, 0.2) is 0 Å². The SMILES string of the molecule is CNC(=O)NNc1ccc(Cl)c(C(F)(F)F)c1. The molecule has 0 unspecified atom stereocenters. The monoisotopic (exact) mass is 267 g/mol. The standard InChI is InChI=1S/C9H9ClF3N3O/c1-14-8(17)16-15-5-2-3-7(10)6(4-5)9(11,12)13/h2-4,15H,1H3,(H2,14,16,17). The van der Waals surface area contributed by atoms with Crippen LogP contribution in [0.25, 0.3) is 0 Å². The lowest BCUT2D eigenvalue weighted by Crippen LogP contribution is -2.36. The Morgan fingerprint density at radius 2 is 2.00 bits per heavy atom. The van der Waals surface area contributed by atoms with E-state index in [2.05, 4.69) is 16.2 Å². The molecule has 0 aliphatic carbocycles. The van der Waals surface area contributed by atoms with Crippen molar-refractivity contribution < 1.29 is 18.0 Å². The number of carbonyl (C=O) groups is 1. The van der Waals surface area contributed by atoms with Gasteiger partial charge in [0, 0.05) is 7.05 Å². The summed E-state index contributed by atoms with van der Waals surface area (Å²) < 4.78 is 37.4. The van der Waals surface area contributed by atoms with E-state index in [-0.39, 0.29) is 5.69 Å². The first-order valence-electron chi connectivity index (χ1n) is 4.45. The number of benzene rings is 1. The highest BCUT2D eigenvalue weighted by molar-refractivity contribution is 6.31. The molecule has 2 amide bonds. The maximum Gasteiger partial charge on any atom is 0.417 e. The van der Waals surface area contributed by atoms with Crippen LogP contribution in [0.1, 0.15) is 5.56 Å². The highest BCUT2D eigenvalue weighted by Gasteiger charge is 2.33. The van der Waals surface area contributed by atoms with Crippen LogP contribution in [0.4, 0.5) is 23.7 Å². The molecule has 0 saturated heterocycles. The number of hydrazine groups is 1. The van der Waals surface area contributed by atoms with E-state index >= 15 is 0 Å². The second-order valence-corrected chi connectivity index (χ2v) is 3.43. The molecule has 0 aliphatic heterocycles. The molecule has 3 N–H and O–H groups in total. The number of alkyl halides is 3. The van der Waals surface area contributed by atoms with E-state index in [1.54, 1.807) is 0 Å². The summed E-state index contributed by atoms with van der Waals surface area (Å²) >= 11 is 5.42. The van der Waals surface area contributed by atoms with Gasteiger partial charge in [-0.3, -0.25) is 10.9 Å². The molecule has 0 aromatic heterocycles. The summed E-state index contributed by atoms with van der Waals surface area (Å²) in [6.07, 6.45) is -4.54. The molecule has 0 bridgehead atoms. The van der Waals surface area contributed by atoms with Crippen molar-refractivity contribution in [3.05, 3.63) is 28.8 Å². The minimum absolute atomic E-state index is 0.0744. The summed E-state index contributed by atoms with van der Waals surface area (Å²) in [5, 5.41) is 1.83. The van der Waals surface area contributed by atoms with Gasteiger partial charge in [-0.1, -0.05) is 11.6 Å². The number of hydrogen-bond donors (Lipinski definition) is 3. The van der Waals surface area contributed by atoms with Crippen LogP contribution >= 0.6 is 11.6 Å². The fourth-order valence-electron chi connectivity index (χ4n) is 1.01.